The van der Waals surface area contributed by atoms with Crippen molar-refractivity contribution in [3.05, 3.63) is 106 Å². The molecule has 2 heterocycles. The Morgan fingerprint density at radius 3 is 2.17 bits per heavy atom. The Hall–Kier alpha value is -4.22. The molecule has 0 fully saturated rings. The van der Waals surface area contributed by atoms with Crippen molar-refractivity contribution in [2.75, 3.05) is 16.4 Å². The fourth-order valence-electron chi connectivity index (χ4n) is 3.80. The highest BCUT2D eigenvalue weighted by molar-refractivity contribution is 8.03. The molecule has 0 spiro atoms. The fourth-order valence-corrected chi connectivity index (χ4v) is 4.69. The standard InChI is InChI=1S/C27H24N4O3S/c1-17-13-14-22(34-17)25-21(15-28)27(35-16-23(32)30-19-9-5-3-6-10-19)29-18(2)24(25)26(33)31-20-11-7-4-8-12-20/h3-14,25,29H,16H2,1-2H3,(H,30,32)(H,31,33)/t25-/m1/s1. The van der Waals surface area contributed by atoms with Gasteiger partial charge in [-0.25, -0.2) is 0 Å². The van der Waals surface area contributed by atoms with E-state index in [-0.39, 0.29) is 17.6 Å². The van der Waals surface area contributed by atoms with Crippen molar-refractivity contribution in [3.63, 3.8) is 0 Å². The van der Waals surface area contributed by atoms with E-state index in [1.807, 2.05) is 43.3 Å². The zero-order valence-electron chi connectivity index (χ0n) is 19.3. The summed E-state index contributed by atoms with van der Waals surface area (Å²) in [5.41, 5.74) is 2.64. The fraction of sp³-hybridized carbons (Fsp3) is 0.148. The number of benzene rings is 2. The number of amides is 2. The summed E-state index contributed by atoms with van der Waals surface area (Å²) >= 11 is 1.21. The Kier molecular flexibility index (Phi) is 7.38. The molecule has 1 atom stereocenters. The minimum Gasteiger partial charge on any atom is -0.465 e. The smallest absolute Gasteiger partial charge is 0.254 e. The van der Waals surface area contributed by atoms with Crippen molar-refractivity contribution < 1.29 is 14.0 Å². The maximum absolute atomic E-state index is 13.4. The van der Waals surface area contributed by atoms with Crippen LogP contribution in [0.4, 0.5) is 11.4 Å². The van der Waals surface area contributed by atoms with Crippen molar-refractivity contribution in [1.82, 2.24) is 5.32 Å². The number of carbonyl (C=O) groups is 2. The summed E-state index contributed by atoms with van der Waals surface area (Å²) < 4.78 is 5.87. The molecule has 2 aromatic carbocycles. The number of nitrogens with one attached hydrogen (secondary N) is 3. The van der Waals surface area contributed by atoms with E-state index < -0.39 is 5.92 Å². The first-order chi connectivity index (χ1) is 17.0. The van der Waals surface area contributed by atoms with Gasteiger partial charge in [0.2, 0.25) is 5.91 Å². The van der Waals surface area contributed by atoms with Crippen molar-refractivity contribution in [3.8, 4) is 6.07 Å². The summed E-state index contributed by atoms with van der Waals surface area (Å²) in [6.07, 6.45) is 0. The van der Waals surface area contributed by atoms with Crippen LogP contribution in [0.25, 0.3) is 0 Å². The maximum atomic E-state index is 13.4. The minimum absolute atomic E-state index is 0.0884. The van der Waals surface area contributed by atoms with Gasteiger partial charge in [-0.15, -0.1) is 0 Å². The van der Waals surface area contributed by atoms with E-state index in [4.69, 9.17) is 4.42 Å². The van der Waals surface area contributed by atoms with E-state index in [2.05, 4.69) is 22.0 Å². The number of thioether (sulfide) groups is 1. The van der Waals surface area contributed by atoms with E-state index in [0.29, 0.717) is 44.8 Å². The largest absolute Gasteiger partial charge is 0.465 e. The van der Waals surface area contributed by atoms with Crippen LogP contribution in [0.3, 0.4) is 0 Å². The highest BCUT2D eigenvalue weighted by atomic mass is 32.2. The molecule has 3 N–H and O–H groups in total. The van der Waals surface area contributed by atoms with Crippen molar-refractivity contribution >= 4 is 35.0 Å². The normalized spacial score (nSPS) is 15.3. The number of nitrogens with zero attached hydrogens (tertiary/aromatic N) is 1. The van der Waals surface area contributed by atoms with E-state index in [0.717, 1.165) is 0 Å². The van der Waals surface area contributed by atoms with Crippen molar-refractivity contribution in [2.24, 2.45) is 0 Å². The van der Waals surface area contributed by atoms with Crippen LogP contribution in [0.15, 0.2) is 99.1 Å². The molecule has 0 saturated carbocycles. The molecule has 176 valence electrons. The summed E-state index contributed by atoms with van der Waals surface area (Å²) in [6.45, 7) is 3.59. The Morgan fingerprint density at radius 2 is 1.60 bits per heavy atom. The molecular formula is C27H24N4O3S. The third-order valence-electron chi connectivity index (χ3n) is 5.37. The maximum Gasteiger partial charge on any atom is 0.254 e. The number of aryl methyl sites for hydroxylation is 1. The molecule has 0 saturated heterocycles. The number of allylic oxidation sites excluding steroid dienone is 2. The molecule has 0 bridgehead atoms. The molecule has 3 aromatic rings. The lowest BCUT2D eigenvalue weighted by Crippen LogP contribution is -2.31. The molecule has 35 heavy (non-hydrogen) atoms. The molecule has 0 radical (unpaired) electrons. The summed E-state index contributed by atoms with van der Waals surface area (Å²) in [5.74, 6) is 0.00726. The molecule has 4 rings (SSSR count). The number of hydrogen-bond acceptors (Lipinski definition) is 6. The summed E-state index contributed by atoms with van der Waals surface area (Å²) in [5, 5.41) is 19.6. The van der Waals surface area contributed by atoms with Gasteiger partial charge in [0.15, 0.2) is 0 Å². The van der Waals surface area contributed by atoms with Crippen LogP contribution >= 0.6 is 11.8 Å². The van der Waals surface area contributed by atoms with Gasteiger partial charge in [-0.2, -0.15) is 5.26 Å². The lowest BCUT2D eigenvalue weighted by Gasteiger charge is -2.28. The summed E-state index contributed by atoms with van der Waals surface area (Å²) in [7, 11) is 0. The first-order valence-electron chi connectivity index (χ1n) is 11.0. The first kappa shape index (κ1) is 23.9. The molecular weight excluding hydrogens is 460 g/mol. The monoisotopic (exact) mass is 484 g/mol. The van der Waals surface area contributed by atoms with E-state index in [1.165, 1.54) is 11.8 Å². The molecule has 1 aromatic heterocycles. The second kappa shape index (κ2) is 10.8. The molecule has 8 heteroatoms. The summed E-state index contributed by atoms with van der Waals surface area (Å²) in [6, 6.07) is 24.1. The van der Waals surface area contributed by atoms with Crippen LogP contribution in [-0.2, 0) is 9.59 Å². The Balaban J connectivity index is 1.61. The number of hydrogen-bond donors (Lipinski definition) is 3. The highest BCUT2D eigenvalue weighted by Crippen LogP contribution is 2.41. The van der Waals surface area contributed by atoms with Crippen molar-refractivity contribution in [1.29, 1.82) is 5.26 Å². The highest BCUT2D eigenvalue weighted by Gasteiger charge is 2.36. The summed E-state index contributed by atoms with van der Waals surface area (Å²) in [4.78, 5) is 25.9. The number of anilines is 2. The predicted octanol–water partition coefficient (Wildman–Crippen LogP) is 5.29. The van der Waals surface area contributed by atoms with Gasteiger partial charge in [0.1, 0.15) is 11.5 Å². The van der Waals surface area contributed by atoms with Crippen LogP contribution in [-0.4, -0.2) is 17.6 Å². The Labute approximate surface area is 207 Å². The third kappa shape index (κ3) is 5.65. The zero-order chi connectivity index (χ0) is 24.8. The molecule has 7 nitrogen and oxygen atoms in total. The van der Waals surface area contributed by atoms with E-state index in [1.54, 1.807) is 43.3 Å². The Morgan fingerprint density at radius 1 is 0.971 bits per heavy atom. The number of nitriles is 1. The topological polar surface area (TPSA) is 107 Å². The van der Waals surface area contributed by atoms with Gasteiger partial charge in [-0.1, -0.05) is 48.2 Å². The Bertz CT molecular complexity index is 1340. The van der Waals surface area contributed by atoms with Gasteiger partial charge >= 0.3 is 0 Å². The van der Waals surface area contributed by atoms with E-state index in [9.17, 15) is 14.9 Å². The second-order valence-electron chi connectivity index (χ2n) is 7.92. The lowest BCUT2D eigenvalue weighted by atomic mass is 9.85. The first-order valence-corrected chi connectivity index (χ1v) is 12.0. The predicted molar refractivity (Wildman–Crippen MR) is 137 cm³/mol. The van der Waals surface area contributed by atoms with Crippen LogP contribution in [0.5, 0.6) is 0 Å². The van der Waals surface area contributed by atoms with Gasteiger partial charge in [-0.3, -0.25) is 9.59 Å². The molecule has 1 aliphatic rings. The number of carbonyl (C=O) groups excluding carboxylic acids is 2. The van der Waals surface area contributed by atoms with Gasteiger partial charge in [0.05, 0.1) is 33.9 Å². The minimum atomic E-state index is -0.710. The molecule has 0 unspecified atom stereocenters. The molecule has 2 amide bonds. The average Bonchev–Trinajstić information content (AvgIpc) is 3.29. The third-order valence-corrected chi connectivity index (χ3v) is 6.39. The van der Waals surface area contributed by atoms with Gasteiger partial charge in [0.25, 0.3) is 5.91 Å². The van der Waals surface area contributed by atoms with Gasteiger partial charge in [0, 0.05) is 17.1 Å². The van der Waals surface area contributed by atoms with Crippen LogP contribution in [0.1, 0.15) is 24.4 Å². The SMILES string of the molecule is CC1=C(C(=O)Nc2ccccc2)[C@@H](c2ccc(C)o2)C(C#N)=C(SCC(=O)Nc2ccccc2)N1. The van der Waals surface area contributed by atoms with Gasteiger partial charge in [-0.05, 0) is 50.2 Å². The van der Waals surface area contributed by atoms with Crippen LogP contribution in [0, 0.1) is 18.3 Å². The van der Waals surface area contributed by atoms with Crippen molar-refractivity contribution in [2.45, 2.75) is 19.8 Å². The van der Waals surface area contributed by atoms with Crippen LogP contribution in [0.2, 0.25) is 0 Å². The number of dihydropyridines is 1. The zero-order valence-corrected chi connectivity index (χ0v) is 20.1. The second-order valence-corrected chi connectivity index (χ2v) is 8.91. The molecule has 1 aliphatic heterocycles. The molecule has 0 aliphatic carbocycles. The lowest BCUT2D eigenvalue weighted by molar-refractivity contribution is -0.114. The number of para-hydroxylation sites is 2. The van der Waals surface area contributed by atoms with Crippen LogP contribution < -0.4 is 16.0 Å². The quantitative estimate of drug-likeness (QED) is 0.420. The number of furan rings is 1. The van der Waals surface area contributed by atoms with Gasteiger partial charge < -0.3 is 20.4 Å². The van der Waals surface area contributed by atoms with E-state index >= 15 is 0 Å². The average molecular weight is 485 g/mol. The number of rotatable bonds is 7.